The van der Waals surface area contributed by atoms with E-state index >= 15 is 0 Å². The van der Waals surface area contributed by atoms with Crippen molar-refractivity contribution in [3.63, 3.8) is 0 Å². The molecule has 0 amide bonds. The van der Waals surface area contributed by atoms with Gasteiger partial charge >= 0.3 is 11.6 Å². The molecule has 0 spiro atoms. The summed E-state index contributed by atoms with van der Waals surface area (Å²) in [7, 11) is 0. The van der Waals surface area contributed by atoms with Gasteiger partial charge in [-0.2, -0.15) is 0 Å². The van der Waals surface area contributed by atoms with Crippen LogP contribution in [0.15, 0.2) is 33.5 Å². The van der Waals surface area contributed by atoms with Crippen molar-refractivity contribution in [3.8, 4) is 5.75 Å². The fourth-order valence-corrected chi connectivity index (χ4v) is 2.89. The van der Waals surface area contributed by atoms with Crippen molar-refractivity contribution >= 4 is 16.9 Å². The van der Waals surface area contributed by atoms with Gasteiger partial charge in [0.25, 0.3) is 0 Å². The van der Waals surface area contributed by atoms with E-state index in [0.717, 1.165) is 6.07 Å². The summed E-state index contributed by atoms with van der Waals surface area (Å²) in [6, 6.07) is 5.32. The summed E-state index contributed by atoms with van der Waals surface area (Å²) in [6.45, 7) is -0.601. The third kappa shape index (κ3) is 3.94. The normalized spacial score (nSPS) is 28.2. The maximum atomic E-state index is 11.6. The van der Waals surface area contributed by atoms with Gasteiger partial charge in [-0.3, -0.25) is 4.79 Å². The van der Waals surface area contributed by atoms with E-state index in [1.807, 2.05) is 0 Å². The molecule has 2 heterocycles. The summed E-state index contributed by atoms with van der Waals surface area (Å²) < 4.78 is 15.8. The SMILES string of the molecule is O=C(O)Cc1cc(=O)oc2cc(O[C@@H]3O[C@@H](CO)[C@H](O)[C@@H](O)[C@H]3O)ccc12. The Morgan fingerprint density at radius 2 is 1.85 bits per heavy atom. The number of carbonyl (C=O) groups is 1. The van der Waals surface area contributed by atoms with Crippen LogP contribution in [0.5, 0.6) is 5.75 Å². The highest BCUT2D eigenvalue weighted by Crippen LogP contribution is 2.27. The zero-order chi connectivity index (χ0) is 19.7. The second kappa shape index (κ2) is 7.62. The summed E-state index contributed by atoms with van der Waals surface area (Å²) >= 11 is 0. The molecule has 3 rings (SSSR count). The number of benzene rings is 1. The Morgan fingerprint density at radius 3 is 2.52 bits per heavy atom. The molecule has 10 nitrogen and oxygen atoms in total. The van der Waals surface area contributed by atoms with Crippen LogP contribution in [0.3, 0.4) is 0 Å². The number of carboxylic acid groups (broad SMARTS) is 1. The van der Waals surface area contributed by atoms with E-state index in [0.29, 0.717) is 5.39 Å². The van der Waals surface area contributed by atoms with Crippen molar-refractivity contribution in [2.24, 2.45) is 0 Å². The van der Waals surface area contributed by atoms with Crippen molar-refractivity contribution in [1.29, 1.82) is 0 Å². The highest BCUT2D eigenvalue weighted by molar-refractivity contribution is 5.85. The molecule has 0 aliphatic carbocycles. The molecule has 1 aliphatic heterocycles. The zero-order valence-corrected chi connectivity index (χ0v) is 13.9. The van der Waals surface area contributed by atoms with Crippen LogP contribution in [0.1, 0.15) is 5.56 Å². The van der Waals surface area contributed by atoms with Gasteiger partial charge < -0.3 is 39.4 Å². The first-order chi connectivity index (χ1) is 12.8. The molecular formula is C17H18O10. The predicted octanol–water partition coefficient (Wildman–Crippen LogP) is -1.40. The minimum absolute atomic E-state index is 0.0702. The number of hydrogen-bond donors (Lipinski definition) is 5. The number of aliphatic carboxylic acids is 1. The fraction of sp³-hybridized carbons (Fsp3) is 0.412. The van der Waals surface area contributed by atoms with E-state index in [4.69, 9.17) is 19.0 Å². The Bertz CT molecular complexity index is 889. The van der Waals surface area contributed by atoms with Crippen molar-refractivity contribution < 1.29 is 44.2 Å². The summed E-state index contributed by atoms with van der Waals surface area (Å²) in [5.74, 6) is -1.01. The molecule has 0 bridgehead atoms. The molecule has 1 fully saturated rings. The Kier molecular flexibility index (Phi) is 5.44. The van der Waals surface area contributed by atoms with Gasteiger partial charge in [0.2, 0.25) is 6.29 Å². The first-order valence-electron chi connectivity index (χ1n) is 8.06. The van der Waals surface area contributed by atoms with Gasteiger partial charge in [-0.15, -0.1) is 0 Å². The van der Waals surface area contributed by atoms with Crippen LogP contribution in [0.2, 0.25) is 0 Å². The highest BCUT2D eigenvalue weighted by Gasteiger charge is 2.44. The van der Waals surface area contributed by atoms with Crippen LogP contribution in [-0.2, 0) is 16.0 Å². The van der Waals surface area contributed by atoms with Crippen LogP contribution < -0.4 is 10.4 Å². The quantitative estimate of drug-likeness (QED) is 0.388. The molecule has 1 aliphatic rings. The van der Waals surface area contributed by atoms with Crippen LogP contribution in [0.25, 0.3) is 11.0 Å². The minimum Gasteiger partial charge on any atom is -0.481 e. The van der Waals surface area contributed by atoms with Gasteiger partial charge in [0, 0.05) is 17.5 Å². The molecule has 1 saturated heterocycles. The molecule has 0 saturated carbocycles. The molecule has 10 heteroatoms. The van der Waals surface area contributed by atoms with Gasteiger partial charge in [-0.05, 0) is 17.7 Å². The molecular weight excluding hydrogens is 364 g/mol. The maximum Gasteiger partial charge on any atom is 0.336 e. The lowest BCUT2D eigenvalue weighted by Gasteiger charge is -2.39. The van der Waals surface area contributed by atoms with Gasteiger partial charge in [0.1, 0.15) is 35.7 Å². The monoisotopic (exact) mass is 382 g/mol. The first-order valence-corrected chi connectivity index (χ1v) is 8.06. The predicted molar refractivity (Wildman–Crippen MR) is 88.2 cm³/mol. The molecule has 146 valence electrons. The largest absolute Gasteiger partial charge is 0.481 e. The van der Waals surface area contributed by atoms with E-state index in [9.17, 15) is 30.0 Å². The van der Waals surface area contributed by atoms with Gasteiger partial charge in [-0.25, -0.2) is 4.79 Å². The van der Waals surface area contributed by atoms with Crippen LogP contribution in [0.4, 0.5) is 0 Å². The van der Waals surface area contributed by atoms with Crippen molar-refractivity contribution in [3.05, 3.63) is 40.2 Å². The van der Waals surface area contributed by atoms with Crippen LogP contribution in [-0.4, -0.2) is 68.8 Å². The minimum atomic E-state index is -1.60. The third-order valence-electron chi connectivity index (χ3n) is 4.24. The summed E-state index contributed by atoms with van der Waals surface area (Å²) in [6.07, 6.45) is -7.60. The fourth-order valence-electron chi connectivity index (χ4n) is 2.89. The Hall–Kier alpha value is -2.50. The number of fused-ring (bicyclic) bond motifs is 1. The number of aliphatic hydroxyl groups is 4. The lowest BCUT2D eigenvalue weighted by atomic mass is 9.99. The van der Waals surface area contributed by atoms with Gasteiger partial charge in [-0.1, -0.05) is 0 Å². The van der Waals surface area contributed by atoms with E-state index in [-0.39, 0.29) is 23.3 Å². The van der Waals surface area contributed by atoms with Crippen molar-refractivity contribution in [2.45, 2.75) is 37.1 Å². The van der Waals surface area contributed by atoms with Crippen molar-refractivity contribution in [1.82, 2.24) is 0 Å². The average Bonchev–Trinajstić information content (AvgIpc) is 2.61. The molecule has 2 aromatic rings. The number of carboxylic acids is 1. The van der Waals surface area contributed by atoms with E-state index in [1.165, 1.54) is 18.2 Å². The molecule has 5 N–H and O–H groups in total. The average molecular weight is 382 g/mol. The van der Waals surface area contributed by atoms with Gasteiger partial charge in [0.15, 0.2) is 0 Å². The Balaban J connectivity index is 1.89. The third-order valence-corrected chi connectivity index (χ3v) is 4.24. The molecule has 1 aromatic carbocycles. The molecule has 0 radical (unpaired) electrons. The molecule has 5 atom stereocenters. The van der Waals surface area contributed by atoms with E-state index in [1.54, 1.807) is 0 Å². The highest BCUT2D eigenvalue weighted by atomic mass is 16.7. The Morgan fingerprint density at radius 1 is 1.11 bits per heavy atom. The molecule has 1 aromatic heterocycles. The molecule has 27 heavy (non-hydrogen) atoms. The standard InChI is InChI=1S/C17H18O10/c18-6-11-14(22)15(23)16(24)17(27-11)25-8-1-2-9-7(3-12(19)20)4-13(21)26-10(9)5-8/h1-2,4-5,11,14-18,22-24H,3,6H2,(H,19,20)/t11-,14-,15+,16+,17+/m0/s1. The number of aliphatic hydroxyl groups excluding tert-OH is 4. The summed E-state index contributed by atoms with van der Waals surface area (Å²) in [4.78, 5) is 22.6. The topological polar surface area (TPSA) is 167 Å². The maximum absolute atomic E-state index is 11.6. The van der Waals surface area contributed by atoms with Crippen LogP contribution >= 0.6 is 0 Å². The van der Waals surface area contributed by atoms with Gasteiger partial charge in [0.05, 0.1) is 13.0 Å². The second-order valence-electron chi connectivity index (χ2n) is 6.13. The number of hydrogen-bond acceptors (Lipinski definition) is 9. The van der Waals surface area contributed by atoms with Crippen LogP contribution in [0, 0.1) is 0 Å². The summed E-state index contributed by atoms with van der Waals surface area (Å²) in [5, 5.41) is 48.1. The van der Waals surface area contributed by atoms with E-state index < -0.39 is 48.9 Å². The van der Waals surface area contributed by atoms with Crippen molar-refractivity contribution in [2.75, 3.05) is 6.61 Å². The lowest BCUT2D eigenvalue weighted by molar-refractivity contribution is -0.277. The first kappa shape index (κ1) is 19.3. The lowest BCUT2D eigenvalue weighted by Crippen LogP contribution is -2.60. The summed E-state index contributed by atoms with van der Waals surface area (Å²) in [5.41, 5.74) is -0.391. The number of rotatable bonds is 5. The molecule has 0 unspecified atom stereocenters. The second-order valence-corrected chi connectivity index (χ2v) is 6.13. The Labute approximate surface area is 151 Å². The smallest absolute Gasteiger partial charge is 0.336 e. The van der Waals surface area contributed by atoms with E-state index in [2.05, 4.69) is 0 Å². The zero-order valence-electron chi connectivity index (χ0n) is 13.9. The number of ether oxygens (including phenoxy) is 2.